The Labute approximate surface area is 52.0 Å². The zero-order chi connectivity index (χ0) is 6.41. The molecule has 0 heterocycles. The van der Waals surface area contributed by atoms with E-state index in [2.05, 4.69) is 6.92 Å². The second-order valence-corrected chi connectivity index (χ2v) is 2.11. The summed E-state index contributed by atoms with van der Waals surface area (Å²) in [6, 6.07) is 0. The Morgan fingerprint density at radius 2 is 2.00 bits per heavy atom. The van der Waals surface area contributed by atoms with Gasteiger partial charge in [0, 0.05) is 6.61 Å². The van der Waals surface area contributed by atoms with Crippen LogP contribution in [0.5, 0.6) is 0 Å². The number of unbranched alkanes of at least 4 members (excludes halogenated alkanes) is 1. The fourth-order valence-electron chi connectivity index (χ4n) is 0.421. The first-order chi connectivity index (χ1) is 3.77. The van der Waals surface area contributed by atoms with E-state index in [1.165, 1.54) is 12.8 Å². The molecular formula is C7H15O. The minimum Gasteiger partial charge on any atom is -0.373 e. The summed E-state index contributed by atoms with van der Waals surface area (Å²) in [5.74, 6) is 0. The van der Waals surface area contributed by atoms with Crippen molar-refractivity contribution in [1.29, 1.82) is 0 Å². The number of hydrogen-bond acceptors (Lipinski definition) is 1. The van der Waals surface area contributed by atoms with Gasteiger partial charge >= 0.3 is 0 Å². The molecule has 0 spiro atoms. The molecule has 0 bridgehead atoms. The summed E-state index contributed by atoms with van der Waals surface area (Å²) < 4.78 is 5.20. The monoisotopic (exact) mass is 115 g/mol. The smallest absolute Gasteiger partial charge is 0.0909 e. The van der Waals surface area contributed by atoms with Crippen LogP contribution in [0.25, 0.3) is 0 Å². The predicted octanol–water partition coefficient (Wildman–Crippen LogP) is 2.37. The zero-order valence-electron chi connectivity index (χ0n) is 6.03. The average molecular weight is 115 g/mol. The summed E-state index contributed by atoms with van der Waals surface area (Å²) in [7, 11) is 0. The first-order valence-corrected chi connectivity index (χ1v) is 3.20. The quantitative estimate of drug-likeness (QED) is 0.511. The lowest BCUT2D eigenvalue weighted by molar-refractivity contribution is 0.153. The Hall–Kier alpha value is -0.0400. The third-order valence-corrected chi connectivity index (χ3v) is 0.889. The van der Waals surface area contributed by atoms with Crippen molar-refractivity contribution < 1.29 is 4.74 Å². The molecule has 0 fully saturated rings. The molecule has 0 aliphatic rings. The highest BCUT2D eigenvalue weighted by Crippen LogP contribution is 1.98. The van der Waals surface area contributed by atoms with Crippen molar-refractivity contribution in [3.63, 3.8) is 0 Å². The lowest BCUT2D eigenvalue weighted by Gasteiger charge is -2.03. The van der Waals surface area contributed by atoms with Gasteiger partial charge in [0.25, 0.3) is 0 Å². The Morgan fingerprint density at radius 1 is 1.38 bits per heavy atom. The van der Waals surface area contributed by atoms with Crippen LogP contribution in [0.1, 0.15) is 33.6 Å². The molecule has 1 radical (unpaired) electrons. The fraction of sp³-hybridized carbons (Fsp3) is 0.857. The molecular weight excluding hydrogens is 100 g/mol. The van der Waals surface area contributed by atoms with Gasteiger partial charge in [0.05, 0.1) is 6.10 Å². The van der Waals surface area contributed by atoms with Crippen LogP contribution >= 0.6 is 0 Å². The van der Waals surface area contributed by atoms with Gasteiger partial charge in [-0.05, 0) is 20.3 Å². The van der Waals surface area contributed by atoms with Crippen molar-refractivity contribution in [3.8, 4) is 0 Å². The van der Waals surface area contributed by atoms with Gasteiger partial charge in [-0.3, -0.25) is 0 Å². The summed E-state index contributed by atoms with van der Waals surface area (Å²) in [5.41, 5.74) is 0. The van der Waals surface area contributed by atoms with E-state index in [-0.39, 0.29) is 0 Å². The Kier molecular flexibility index (Phi) is 5.08. The van der Waals surface area contributed by atoms with E-state index < -0.39 is 0 Å². The van der Waals surface area contributed by atoms with Gasteiger partial charge in [0.1, 0.15) is 0 Å². The van der Waals surface area contributed by atoms with Crippen LogP contribution in [0.3, 0.4) is 0 Å². The summed E-state index contributed by atoms with van der Waals surface area (Å²) in [6.45, 7) is 7.01. The van der Waals surface area contributed by atoms with E-state index in [0.717, 1.165) is 12.7 Å². The largest absolute Gasteiger partial charge is 0.373 e. The molecule has 0 saturated carbocycles. The van der Waals surface area contributed by atoms with Crippen LogP contribution in [0.2, 0.25) is 0 Å². The number of rotatable bonds is 4. The van der Waals surface area contributed by atoms with Gasteiger partial charge in [0.15, 0.2) is 0 Å². The highest BCUT2D eigenvalue weighted by Gasteiger charge is 1.90. The minimum atomic E-state index is 0.888. The van der Waals surface area contributed by atoms with E-state index >= 15 is 0 Å². The molecule has 49 valence electrons. The van der Waals surface area contributed by atoms with E-state index in [4.69, 9.17) is 4.74 Å². The molecule has 0 saturated heterocycles. The molecule has 0 unspecified atom stereocenters. The Morgan fingerprint density at radius 3 is 2.38 bits per heavy atom. The van der Waals surface area contributed by atoms with Gasteiger partial charge in [-0.25, -0.2) is 0 Å². The summed E-state index contributed by atoms with van der Waals surface area (Å²) >= 11 is 0. The topological polar surface area (TPSA) is 9.23 Å². The molecule has 1 nitrogen and oxygen atoms in total. The molecule has 0 amide bonds. The van der Waals surface area contributed by atoms with E-state index in [0.29, 0.717) is 0 Å². The van der Waals surface area contributed by atoms with Crippen LogP contribution in [0, 0.1) is 6.10 Å². The standard InChI is InChI=1S/C7H15O/c1-4-5-6-8-7(2)3/h4-6H2,1-3H3. The van der Waals surface area contributed by atoms with E-state index in [1.807, 2.05) is 13.8 Å². The van der Waals surface area contributed by atoms with Crippen LogP contribution < -0.4 is 0 Å². The molecule has 0 aliphatic carbocycles. The molecule has 0 rings (SSSR count). The Bertz CT molecular complexity index is 41.7. The second-order valence-electron chi connectivity index (χ2n) is 2.11. The SMILES string of the molecule is CCCCO[C](C)C. The predicted molar refractivity (Wildman–Crippen MR) is 35.5 cm³/mol. The van der Waals surface area contributed by atoms with Crippen molar-refractivity contribution in [2.45, 2.75) is 33.6 Å². The average Bonchev–Trinajstić information content (AvgIpc) is 1.66. The minimum absolute atomic E-state index is 0.888. The summed E-state index contributed by atoms with van der Waals surface area (Å²) in [6.07, 6.45) is 3.46. The molecule has 0 aliphatic heterocycles. The van der Waals surface area contributed by atoms with Gasteiger partial charge in [-0.15, -0.1) is 0 Å². The van der Waals surface area contributed by atoms with Crippen molar-refractivity contribution in [1.82, 2.24) is 0 Å². The fourth-order valence-corrected chi connectivity index (χ4v) is 0.421. The lowest BCUT2D eigenvalue weighted by atomic mass is 10.3. The number of hydrogen-bond donors (Lipinski definition) is 0. The van der Waals surface area contributed by atoms with Crippen molar-refractivity contribution in [3.05, 3.63) is 6.10 Å². The van der Waals surface area contributed by atoms with Crippen molar-refractivity contribution in [2.75, 3.05) is 6.61 Å². The van der Waals surface area contributed by atoms with E-state index in [1.54, 1.807) is 0 Å². The second kappa shape index (κ2) is 5.10. The maximum absolute atomic E-state index is 5.20. The molecule has 0 atom stereocenters. The first kappa shape index (κ1) is 7.96. The first-order valence-electron chi connectivity index (χ1n) is 3.20. The highest BCUT2D eigenvalue weighted by atomic mass is 16.5. The van der Waals surface area contributed by atoms with Crippen LogP contribution in [-0.2, 0) is 4.74 Å². The van der Waals surface area contributed by atoms with Crippen LogP contribution in [0.4, 0.5) is 0 Å². The maximum atomic E-state index is 5.20. The van der Waals surface area contributed by atoms with Gasteiger partial charge in [-0.1, -0.05) is 13.3 Å². The highest BCUT2D eigenvalue weighted by molar-refractivity contribution is 4.59. The van der Waals surface area contributed by atoms with E-state index in [9.17, 15) is 0 Å². The van der Waals surface area contributed by atoms with Gasteiger partial charge < -0.3 is 4.74 Å². The molecule has 0 aromatic carbocycles. The third-order valence-electron chi connectivity index (χ3n) is 0.889. The molecule has 0 aromatic rings. The number of ether oxygens (including phenoxy) is 1. The van der Waals surface area contributed by atoms with Crippen LogP contribution in [-0.4, -0.2) is 6.61 Å². The summed E-state index contributed by atoms with van der Waals surface area (Å²) in [4.78, 5) is 0. The summed E-state index contributed by atoms with van der Waals surface area (Å²) in [5, 5.41) is 0. The lowest BCUT2D eigenvalue weighted by Crippen LogP contribution is -1.94. The van der Waals surface area contributed by atoms with Crippen LogP contribution in [0.15, 0.2) is 0 Å². The van der Waals surface area contributed by atoms with Gasteiger partial charge in [0.2, 0.25) is 0 Å². The molecule has 1 heteroatoms. The van der Waals surface area contributed by atoms with Crippen molar-refractivity contribution >= 4 is 0 Å². The maximum Gasteiger partial charge on any atom is 0.0909 e. The normalized spacial score (nSPS) is 10.5. The Balaban J connectivity index is 2.72. The molecule has 8 heavy (non-hydrogen) atoms. The van der Waals surface area contributed by atoms with Gasteiger partial charge in [-0.2, -0.15) is 0 Å². The zero-order valence-corrected chi connectivity index (χ0v) is 6.03. The molecule has 0 N–H and O–H groups in total. The van der Waals surface area contributed by atoms with Crippen molar-refractivity contribution in [2.24, 2.45) is 0 Å². The third kappa shape index (κ3) is 5.96. The molecule has 0 aromatic heterocycles.